The van der Waals surface area contributed by atoms with E-state index in [1.165, 1.54) is 4.99 Å². The maximum absolute atomic E-state index is 11.3. The maximum Gasteiger partial charge on any atom is 0.343 e. The first kappa shape index (κ1) is 11.9. The number of carbonyl (C=O) groups is 1. The molecular formula is C9H10Br2O3. The Kier molecular flexibility index (Phi) is 4.34. The third-order valence-corrected chi connectivity index (χ3v) is 3.10. The van der Waals surface area contributed by atoms with Gasteiger partial charge in [-0.25, -0.2) is 4.79 Å². The van der Waals surface area contributed by atoms with E-state index in [9.17, 15) is 9.90 Å². The lowest BCUT2D eigenvalue weighted by atomic mass is 10.1. The number of ether oxygens (including phenoxy) is 1. The van der Waals surface area contributed by atoms with Crippen LogP contribution in [0.3, 0.4) is 0 Å². The number of rotatable bonds is 3. The van der Waals surface area contributed by atoms with E-state index in [4.69, 9.17) is 4.74 Å². The second-order valence-electron chi connectivity index (χ2n) is 2.90. The van der Waals surface area contributed by atoms with Crippen LogP contribution >= 0.6 is 31.9 Å². The quantitative estimate of drug-likeness (QED) is 0.811. The highest BCUT2D eigenvalue weighted by Gasteiger charge is 2.32. The highest BCUT2D eigenvalue weighted by molar-refractivity contribution is 9.12. The number of cyclic esters (lactones) is 1. The molecule has 0 saturated carbocycles. The Morgan fingerprint density at radius 2 is 2.29 bits per heavy atom. The molecule has 0 amide bonds. The zero-order valence-electron chi connectivity index (χ0n) is 7.59. The van der Waals surface area contributed by atoms with Crippen LogP contribution in [0.1, 0.15) is 19.8 Å². The maximum atomic E-state index is 11.3. The Morgan fingerprint density at radius 3 is 2.71 bits per heavy atom. The summed E-state index contributed by atoms with van der Waals surface area (Å²) in [5, 5.41) is 9.67. The Labute approximate surface area is 99.1 Å². The number of aliphatic hydroxyl groups excluding tert-OH is 1. The minimum absolute atomic E-state index is 0.303. The van der Waals surface area contributed by atoms with Crippen molar-refractivity contribution in [2.45, 2.75) is 25.9 Å². The summed E-state index contributed by atoms with van der Waals surface area (Å²) in [5.41, 5.74) is 0.303. The molecule has 3 nitrogen and oxygen atoms in total. The lowest BCUT2D eigenvalue weighted by Crippen LogP contribution is -2.15. The van der Waals surface area contributed by atoms with Crippen molar-refractivity contribution >= 4 is 37.8 Å². The summed E-state index contributed by atoms with van der Waals surface area (Å²) in [6.07, 6.45) is 0.604. The van der Waals surface area contributed by atoms with E-state index in [2.05, 4.69) is 31.9 Å². The number of halogens is 2. The first-order chi connectivity index (χ1) is 6.61. The molecule has 1 aliphatic heterocycles. The van der Waals surface area contributed by atoms with Crippen LogP contribution in [0.2, 0.25) is 0 Å². The van der Waals surface area contributed by atoms with Crippen molar-refractivity contribution in [2.75, 3.05) is 0 Å². The van der Waals surface area contributed by atoms with Crippen molar-refractivity contribution < 1.29 is 14.6 Å². The first-order valence-corrected chi connectivity index (χ1v) is 5.93. The van der Waals surface area contributed by atoms with E-state index in [0.29, 0.717) is 22.2 Å². The average Bonchev–Trinajstić information content (AvgIpc) is 2.41. The van der Waals surface area contributed by atoms with Crippen LogP contribution < -0.4 is 0 Å². The molecule has 1 atom stereocenters. The number of hydrogen-bond acceptors (Lipinski definition) is 3. The van der Waals surface area contributed by atoms with Crippen LogP contribution in [0, 0.1) is 0 Å². The van der Waals surface area contributed by atoms with Crippen LogP contribution in [-0.4, -0.2) is 17.2 Å². The van der Waals surface area contributed by atoms with Gasteiger partial charge in [0.1, 0.15) is 0 Å². The second-order valence-corrected chi connectivity index (χ2v) is 4.15. The van der Waals surface area contributed by atoms with Crippen LogP contribution in [-0.2, 0) is 9.53 Å². The van der Waals surface area contributed by atoms with Crippen LogP contribution in [0.15, 0.2) is 20.8 Å². The molecule has 1 rings (SSSR count). The molecule has 0 aliphatic carbocycles. The van der Waals surface area contributed by atoms with E-state index in [-0.39, 0.29) is 0 Å². The fourth-order valence-corrected chi connectivity index (χ4v) is 2.44. The highest BCUT2D eigenvalue weighted by Crippen LogP contribution is 2.34. The number of allylic oxidation sites excluding steroid dienone is 1. The molecule has 0 spiro atoms. The number of aliphatic hydroxyl groups is 1. The fraction of sp³-hybridized carbons (Fsp3) is 0.444. The van der Waals surface area contributed by atoms with Crippen LogP contribution in [0.4, 0.5) is 0 Å². The summed E-state index contributed by atoms with van der Waals surface area (Å²) in [7, 11) is 0. The fourth-order valence-electron chi connectivity index (χ4n) is 1.19. The van der Waals surface area contributed by atoms with Gasteiger partial charge in [0.25, 0.3) is 0 Å². The molecule has 14 heavy (non-hydrogen) atoms. The highest BCUT2D eigenvalue weighted by atomic mass is 79.9. The minimum Gasteiger partial charge on any atom is -0.421 e. The van der Waals surface area contributed by atoms with Gasteiger partial charge in [-0.2, -0.15) is 0 Å². The van der Waals surface area contributed by atoms with Gasteiger partial charge in [-0.05, 0) is 22.4 Å². The van der Waals surface area contributed by atoms with E-state index >= 15 is 0 Å². The Morgan fingerprint density at radius 1 is 1.64 bits per heavy atom. The summed E-state index contributed by atoms with van der Waals surface area (Å²) in [4.78, 5) is 12.8. The smallest absolute Gasteiger partial charge is 0.343 e. The summed E-state index contributed by atoms with van der Waals surface area (Å²) in [6.45, 7) is 1.94. The standard InChI is InChI=1S/C9H10Br2O3/c1-2-3-5(12)7-8(11)6(4-10)14-9(7)13/h4-5,12H,2-3H2,1H3/b6-4+/t5-/m1/s1. The largest absolute Gasteiger partial charge is 0.421 e. The summed E-state index contributed by atoms with van der Waals surface area (Å²) in [5.74, 6) is -0.0799. The van der Waals surface area contributed by atoms with Crippen molar-refractivity contribution in [1.29, 1.82) is 0 Å². The Balaban J connectivity index is 2.95. The molecule has 1 N–H and O–H groups in total. The molecular weight excluding hydrogens is 316 g/mol. The molecule has 0 unspecified atom stereocenters. The van der Waals surface area contributed by atoms with Gasteiger partial charge in [-0.3, -0.25) is 0 Å². The molecule has 5 heteroatoms. The van der Waals surface area contributed by atoms with Crippen molar-refractivity contribution in [3.8, 4) is 0 Å². The zero-order chi connectivity index (χ0) is 10.7. The average molecular weight is 326 g/mol. The predicted octanol–water partition coefficient (Wildman–Crippen LogP) is 2.59. The van der Waals surface area contributed by atoms with Gasteiger partial charge in [0.2, 0.25) is 0 Å². The molecule has 1 heterocycles. The summed E-state index contributed by atoms with van der Waals surface area (Å²) in [6, 6.07) is 0. The third kappa shape index (κ3) is 2.27. The van der Waals surface area contributed by atoms with E-state index in [1.807, 2.05) is 6.92 Å². The molecule has 1 aliphatic rings. The van der Waals surface area contributed by atoms with Gasteiger partial charge in [0.15, 0.2) is 5.76 Å². The summed E-state index contributed by atoms with van der Waals surface area (Å²) < 4.78 is 5.43. The molecule has 78 valence electrons. The minimum atomic E-state index is -0.758. The molecule has 0 saturated heterocycles. The van der Waals surface area contributed by atoms with E-state index in [1.54, 1.807) is 0 Å². The predicted molar refractivity (Wildman–Crippen MR) is 60.0 cm³/mol. The zero-order valence-corrected chi connectivity index (χ0v) is 10.8. The van der Waals surface area contributed by atoms with Gasteiger partial charge in [0, 0.05) is 4.99 Å². The van der Waals surface area contributed by atoms with Gasteiger partial charge in [-0.15, -0.1) is 0 Å². The monoisotopic (exact) mass is 324 g/mol. The molecule has 0 aromatic rings. The normalized spacial score (nSPS) is 21.7. The molecule has 0 fully saturated rings. The second kappa shape index (κ2) is 5.09. The van der Waals surface area contributed by atoms with E-state index < -0.39 is 12.1 Å². The van der Waals surface area contributed by atoms with Crippen molar-refractivity contribution in [3.63, 3.8) is 0 Å². The SMILES string of the molecule is CCC[C@@H](O)C1=C(Br)/C(=C\Br)OC1=O. The van der Waals surface area contributed by atoms with Crippen LogP contribution in [0.5, 0.6) is 0 Å². The van der Waals surface area contributed by atoms with Gasteiger partial charge < -0.3 is 9.84 Å². The van der Waals surface area contributed by atoms with Crippen molar-refractivity contribution in [2.24, 2.45) is 0 Å². The number of esters is 1. The molecule has 0 aromatic heterocycles. The first-order valence-electron chi connectivity index (χ1n) is 4.22. The Bertz CT molecular complexity index is 307. The lowest BCUT2D eigenvalue weighted by Gasteiger charge is -2.07. The van der Waals surface area contributed by atoms with Crippen LogP contribution in [0.25, 0.3) is 0 Å². The van der Waals surface area contributed by atoms with Gasteiger partial charge in [-0.1, -0.05) is 29.3 Å². The third-order valence-electron chi connectivity index (χ3n) is 1.87. The van der Waals surface area contributed by atoms with Gasteiger partial charge >= 0.3 is 5.97 Å². The van der Waals surface area contributed by atoms with Crippen molar-refractivity contribution in [3.05, 3.63) is 20.8 Å². The number of carbonyl (C=O) groups excluding carboxylic acids is 1. The molecule has 0 bridgehead atoms. The topological polar surface area (TPSA) is 46.5 Å². The van der Waals surface area contributed by atoms with Crippen molar-refractivity contribution in [1.82, 2.24) is 0 Å². The Hall–Kier alpha value is -0.130. The van der Waals surface area contributed by atoms with Gasteiger partial charge in [0.05, 0.1) is 16.2 Å². The molecule has 0 radical (unpaired) electrons. The van der Waals surface area contributed by atoms with E-state index in [0.717, 1.165) is 6.42 Å². The summed E-state index contributed by atoms with van der Waals surface area (Å²) >= 11 is 6.29. The molecule has 0 aromatic carbocycles. The number of hydrogen-bond donors (Lipinski definition) is 1. The lowest BCUT2D eigenvalue weighted by molar-refractivity contribution is -0.134.